The van der Waals surface area contributed by atoms with Gasteiger partial charge in [0.05, 0.1) is 4.90 Å². The zero-order chi connectivity index (χ0) is 18.6. The van der Waals surface area contributed by atoms with E-state index in [9.17, 15) is 13.2 Å². The highest BCUT2D eigenvalue weighted by Crippen LogP contribution is 2.20. The summed E-state index contributed by atoms with van der Waals surface area (Å²) in [6, 6.07) is 17.2. The van der Waals surface area contributed by atoms with E-state index < -0.39 is 16.1 Å². The Bertz CT molecular complexity index is 841. The lowest BCUT2D eigenvalue weighted by Crippen LogP contribution is -2.59. The molecule has 3 rings (SSSR count). The Morgan fingerprint density at radius 2 is 1.73 bits per heavy atom. The molecule has 0 saturated carbocycles. The average molecular weight is 373 g/mol. The molecule has 2 aromatic carbocycles. The normalized spacial score (nSPS) is 18.4. The Hall–Kier alpha value is -2.22. The molecule has 0 spiro atoms. The van der Waals surface area contributed by atoms with Crippen molar-refractivity contribution in [3.8, 4) is 0 Å². The maximum atomic E-state index is 13.0. The number of piperazine rings is 1. The number of nitrogens with one attached hydrogen (secondary N) is 1. The van der Waals surface area contributed by atoms with Crippen LogP contribution >= 0.6 is 0 Å². The molecule has 0 aromatic heterocycles. The second-order valence-electron chi connectivity index (χ2n) is 6.33. The van der Waals surface area contributed by atoms with Crippen molar-refractivity contribution in [1.82, 2.24) is 14.5 Å². The van der Waals surface area contributed by atoms with Crippen LogP contribution in [0.1, 0.15) is 5.56 Å². The van der Waals surface area contributed by atoms with Gasteiger partial charge in [0.2, 0.25) is 15.9 Å². The van der Waals surface area contributed by atoms with Crippen molar-refractivity contribution in [3.05, 3.63) is 66.2 Å². The van der Waals surface area contributed by atoms with Crippen LogP contribution < -0.4 is 5.32 Å². The zero-order valence-electron chi connectivity index (χ0n) is 14.7. The molecule has 1 atom stereocenters. The summed E-state index contributed by atoms with van der Waals surface area (Å²) in [7, 11) is -2.01. The van der Waals surface area contributed by atoms with E-state index in [1.165, 1.54) is 4.31 Å². The van der Waals surface area contributed by atoms with Crippen LogP contribution in [0.25, 0.3) is 0 Å². The summed E-state index contributed by atoms with van der Waals surface area (Å²) in [5.41, 5.74) is 1.00. The van der Waals surface area contributed by atoms with Crippen LogP contribution in [0.4, 0.5) is 0 Å². The molecule has 1 fully saturated rings. The Morgan fingerprint density at radius 3 is 2.38 bits per heavy atom. The van der Waals surface area contributed by atoms with E-state index in [0.29, 0.717) is 19.6 Å². The van der Waals surface area contributed by atoms with Gasteiger partial charge in [-0.3, -0.25) is 4.79 Å². The maximum Gasteiger partial charge on any atom is 0.243 e. The van der Waals surface area contributed by atoms with Crippen LogP contribution in [0.3, 0.4) is 0 Å². The minimum Gasteiger partial charge on any atom is -0.340 e. The van der Waals surface area contributed by atoms with Crippen LogP contribution in [0, 0.1) is 0 Å². The predicted molar refractivity (Wildman–Crippen MR) is 99.9 cm³/mol. The van der Waals surface area contributed by atoms with Crippen molar-refractivity contribution in [2.75, 3.05) is 26.7 Å². The fourth-order valence-electron chi connectivity index (χ4n) is 3.10. The summed E-state index contributed by atoms with van der Waals surface area (Å²) in [6.07, 6.45) is 0. The minimum atomic E-state index is -3.72. The topological polar surface area (TPSA) is 69.7 Å². The first kappa shape index (κ1) is 18.6. The number of hydrogen-bond acceptors (Lipinski definition) is 4. The summed E-state index contributed by atoms with van der Waals surface area (Å²) >= 11 is 0. The molecule has 1 amide bonds. The van der Waals surface area contributed by atoms with Crippen LogP contribution in [0.5, 0.6) is 0 Å². The number of amides is 1. The number of carbonyl (C=O) groups is 1. The zero-order valence-corrected chi connectivity index (χ0v) is 15.5. The maximum absolute atomic E-state index is 13.0. The smallest absolute Gasteiger partial charge is 0.243 e. The molecule has 1 aliphatic rings. The highest BCUT2D eigenvalue weighted by molar-refractivity contribution is 7.89. The van der Waals surface area contributed by atoms with Crippen molar-refractivity contribution in [2.45, 2.75) is 17.5 Å². The van der Waals surface area contributed by atoms with E-state index in [4.69, 9.17) is 0 Å². The Balaban J connectivity index is 1.81. The summed E-state index contributed by atoms with van der Waals surface area (Å²) in [6.45, 7) is 1.55. The average Bonchev–Trinajstić information content (AvgIpc) is 2.69. The standard InChI is InChI=1S/C19H23N3O3S/c1-21(15-16-8-4-2-5-9-16)19(23)18-14-20-12-13-22(18)26(24,25)17-10-6-3-7-11-17/h2-11,18,20H,12-15H2,1H3. The Labute approximate surface area is 154 Å². The first-order chi connectivity index (χ1) is 12.5. The molecular formula is C19H23N3O3S. The van der Waals surface area contributed by atoms with E-state index in [2.05, 4.69) is 5.32 Å². The van der Waals surface area contributed by atoms with Gasteiger partial charge in [-0.1, -0.05) is 48.5 Å². The third-order valence-electron chi connectivity index (χ3n) is 4.47. The summed E-state index contributed by atoms with van der Waals surface area (Å²) in [5, 5.41) is 3.13. The molecule has 7 heteroatoms. The molecule has 1 aliphatic heterocycles. The lowest BCUT2D eigenvalue weighted by molar-refractivity contribution is -0.134. The van der Waals surface area contributed by atoms with E-state index in [1.807, 2.05) is 30.3 Å². The molecule has 0 radical (unpaired) electrons. The number of hydrogen-bond donors (Lipinski definition) is 1. The van der Waals surface area contributed by atoms with Gasteiger partial charge in [0.1, 0.15) is 6.04 Å². The van der Waals surface area contributed by atoms with Gasteiger partial charge >= 0.3 is 0 Å². The highest BCUT2D eigenvalue weighted by Gasteiger charge is 2.38. The van der Waals surface area contributed by atoms with Gasteiger partial charge in [0, 0.05) is 33.2 Å². The van der Waals surface area contributed by atoms with Crippen molar-refractivity contribution in [2.24, 2.45) is 0 Å². The van der Waals surface area contributed by atoms with Gasteiger partial charge in [-0.25, -0.2) is 8.42 Å². The van der Waals surface area contributed by atoms with Gasteiger partial charge in [-0.15, -0.1) is 0 Å². The fraction of sp³-hybridized carbons (Fsp3) is 0.316. The number of carbonyl (C=O) groups excluding carboxylic acids is 1. The number of rotatable bonds is 5. The molecule has 1 saturated heterocycles. The molecule has 0 bridgehead atoms. The third-order valence-corrected chi connectivity index (χ3v) is 6.39. The number of likely N-dealkylation sites (N-methyl/N-ethyl adjacent to an activating group) is 1. The Morgan fingerprint density at radius 1 is 1.12 bits per heavy atom. The molecule has 1 N–H and O–H groups in total. The molecule has 26 heavy (non-hydrogen) atoms. The van der Waals surface area contributed by atoms with Crippen LogP contribution in [0.2, 0.25) is 0 Å². The summed E-state index contributed by atoms with van der Waals surface area (Å²) < 4.78 is 27.3. The second kappa shape index (κ2) is 7.99. The van der Waals surface area contributed by atoms with Gasteiger partial charge < -0.3 is 10.2 Å². The van der Waals surface area contributed by atoms with Crippen molar-refractivity contribution < 1.29 is 13.2 Å². The quantitative estimate of drug-likeness (QED) is 0.858. The molecule has 0 aliphatic carbocycles. The molecule has 1 heterocycles. The van der Waals surface area contributed by atoms with E-state index in [-0.39, 0.29) is 17.3 Å². The monoisotopic (exact) mass is 373 g/mol. The van der Waals surface area contributed by atoms with Gasteiger partial charge in [0.15, 0.2) is 0 Å². The van der Waals surface area contributed by atoms with Crippen LogP contribution in [0.15, 0.2) is 65.6 Å². The first-order valence-corrected chi connectivity index (χ1v) is 10.0. The van der Waals surface area contributed by atoms with Gasteiger partial charge in [0.25, 0.3) is 0 Å². The Kier molecular flexibility index (Phi) is 5.70. The molecule has 1 unspecified atom stereocenters. The molecule has 138 valence electrons. The van der Waals surface area contributed by atoms with Crippen molar-refractivity contribution in [1.29, 1.82) is 0 Å². The number of benzene rings is 2. The second-order valence-corrected chi connectivity index (χ2v) is 8.22. The summed E-state index contributed by atoms with van der Waals surface area (Å²) in [4.78, 5) is 14.8. The molecular weight excluding hydrogens is 350 g/mol. The summed E-state index contributed by atoms with van der Waals surface area (Å²) in [5.74, 6) is -0.208. The lowest BCUT2D eigenvalue weighted by Gasteiger charge is -2.36. The van der Waals surface area contributed by atoms with Gasteiger partial charge in [-0.2, -0.15) is 4.31 Å². The van der Waals surface area contributed by atoms with Crippen LogP contribution in [-0.4, -0.2) is 56.3 Å². The highest BCUT2D eigenvalue weighted by atomic mass is 32.2. The number of nitrogens with zero attached hydrogens (tertiary/aromatic N) is 2. The van der Waals surface area contributed by atoms with E-state index in [1.54, 1.807) is 42.3 Å². The molecule has 6 nitrogen and oxygen atoms in total. The fourth-order valence-corrected chi connectivity index (χ4v) is 4.70. The van der Waals surface area contributed by atoms with E-state index in [0.717, 1.165) is 5.56 Å². The van der Waals surface area contributed by atoms with Crippen molar-refractivity contribution >= 4 is 15.9 Å². The largest absolute Gasteiger partial charge is 0.340 e. The van der Waals surface area contributed by atoms with Gasteiger partial charge in [-0.05, 0) is 17.7 Å². The van der Waals surface area contributed by atoms with Crippen LogP contribution in [-0.2, 0) is 21.4 Å². The predicted octanol–water partition coefficient (Wildman–Crippen LogP) is 1.31. The van der Waals surface area contributed by atoms with E-state index >= 15 is 0 Å². The SMILES string of the molecule is CN(Cc1ccccc1)C(=O)C1CNCCN1S(=O)(=O)c1ccccc1. The minimum absolute atomic E-state index is 0.208. The third kappa shape index (κ3) is 3.95. The molecule has 2 aromatic rings. The van der Waals surface area contributed by atoms with Crippen molar-refractivity contribution in [3.63, 3.8) is 0 Å². The first-order valence-electron chi connectivity index (χ1n) is 8.56. The lowest BCUT2D eigenvalue weighted by atomic mass is 10.1. The number of sulfonamides is 1.